The number of hydrogen-bond acceptors (Lipinski definition) is 2. The van der Waals surface area contributed by atoms with E-state index in [9.17, 15) is 4.79 Å². The van der Waals surface area contributed by atoms with Crippen LogP contribution in [-0.4, -0.2) is 23.9 Å². The van der Waals surface area contributed by atoms with Gasteiger partial charge in [0.15, 0.2) is 0 Å². The minimum absolute atomic E-state index is 0.219. The van der Waals surface area contributed by atoms with Crippen molar-refractivity contribution in [2.24, 2.45) is 17.6 Å². The van der Waals surface area contributed by atoms with Gasteiger partial charge in [-0.15, -0.1) is 0 Å². The van der Waals surface area contributed by atoms with Gasteiger partial charge >= 0.3 is 0 Å². The van der Waals surface area contributed by atoms with Crippen LogP contribution in [-0.2, 0) is 11.3 Å². The van der Waals surface area contributed by atoms with Crippen LogP contribution in [0.2, 0.25) is 0 Å². The lowest BCUT2D eigenvalue weighted by atomic mass is 9.93. The van der Waals surface area contributed by atoms with E-state index < -0.39 is 0 Å². The molecule has 1 rings (SSSR count). The topological polar surface area (TPSA) is 46.3 Å². The molecule has 118 valence electrons. The number of aryl methyl sites for hydroxylation is 1. The van der Waals surface area contributed by atoms with Crippen LogP contribution in [0.5, 0.6) is 0 Å². The van der Waals surface area contributed by atoms with E-state index in [1.165, 1.54) is 11.1 Å². The van der Waals surface area contributed by atoms with Gasteiger partial charge in [-0.2, -0.15) is 0 Å². The van der Waals surface area contributed by atoms with Crippen molar-refractivity contribution >= 4 is 5.91 Å². The molecule has 1 aromatic carbocycles. The summed E-state index contributed by atoms with van der Waals surface area (Å²) in [6, 6.07) is 8.25. The van der Waals surface area contributed by atoms with Gasteiger partial charge < -0.3 is 10.6 Å². The number of benzene rings is 1. The maximum absolute atomic E-state index is 12.5. The fourth-order valence-electron chi connectivity index (χ4n) is 2.68. The Morgan fingerprint density at radius 3 is 2.48 bits per heavy atom. The Hall–Kier alpha value is -1.35. The highest BCUT2D eigenvalue weighted by Crippen LogP contribution is 2.17. The van der Waals surface area contributed by atoms with Crippen molar-refractivity contribution in [2.75, 3.05) is 13.1 Å². The van der Waals surface area contributed by atoms with Crippen LogP contribution in [0.3, 0.4) is 0 Å². The summed E-state index contributed by atoms with van der Waals surface area (Å²) >= 11 is 0. The van der Waals surface area contributed by atoms with Gasteiger partial charge in [-0.1, -0.05) is 38.1 Å². The number of amides is 1. The quantitative estimate of drug-likeness (QED) is 0.798. The van der Waals surface area contributed by atoms with Crippen LogP contribution >= 0.6 is 0 Å². The highest BCUT2D eigenvalue weighted by Gasteiger charge is 2.19. The van der Waals surface area contributed by atoms with E-state index in [-0.39, 0.29) is 5.91 Å². The van der Waals surface area contributed by atoms with Gasteiger partial charge in [0.1, 0.15) is 0 Å². The Labute approximate surface area is 129 Å². The standard InChI is InChI=1S/C18H30N2O/c1-5-20(13-17-9-7-6-8-15(17)4)18(21)11-16(12-19)10-14(2)3/h6-9,14,16H,5,10-13,19H2,1-4H3. The fourth-order valence-corrected chi connectivity index (χ4v) is 2.68. The highest BCUT2D eigenvalue weighted by atomic mass is 16.2. The van der Waals surface area contributed by atoms with Crippen molar-refractivity contribution in [2.45, 2.75) is 47.1 Å². The third-order valence-electron chi connectivity index (χ3n) is 3.96. The van der Waals surface area contributed by atoms with Gasteiger partial charge in [-0.05, 0) is 49.8 Å². The first-order valence-corrected chi connectivity index (χ1v) is 8.00. The van der Waals surface area contributed by atoms with Gasteiger partial charge in [0.25, 0.3) is 0 Å². The molecule has 0 saturated carbocycles. The number of nitrogens with two attached hydrogens (primary N) is 1. The molecular formula is C18H30N2O. The molecule has 0 saturated heterocycles. The second-order valence-electron chi connectivity index (χ2n) is 6.27. The van der Waals surface area contributed by atoms with Crippen molar-refractivity contribution in [3.05, 3.63) is 35.4 Å². The van der Waals surface area contributed by atoms with Crippen molar-refractivity contribution in [1.29, 1.82) is 0 Å². The summed E-state index contributed by atoms with van der Waals surface area (Å²) in [6.45, 7) is 10.5. The van der Waals surface area contributed by atoms with Gasteiger partial charge in [-0.3, -0.25) is 4.79 Å². The van der Waals surface area contributed by atoms with Crippen LogP contribution < -0.4 is 5.73 Å². The average molecular weight is 290 g/mol. The smallest absolute Gasteiger partial charge is 0.223 e. The summed E-state index contributed by atoms with van der Waals surface area (Å²) in [5.74, 6) is 1.10. The number of nitrogens with zero attached hydrogens (tertiary/aromatic N) is 1. The van der Waals surface area contributed by atoms with Crippen molar-refractivity contribution in [3.63, 3.8) is 0 Å². The predicted molar refractivity (Wildman–Crippen MR) is 88.9 cm³/mol. The van der Waals surface area contributed by atoms with Gasteiger partial charge in [0.05, 0.1) is 0 Å². The molecule has 1 unspecified atom stereocenters. The van der Waals surface area contributed by atoms with E-state index in [2.05, 4.69) is 32.9 Å². The molecule has 2 N–H and O–H groups in total. The molecule has 21 heavy (non-hydrogen) atoms. The predicted octanol–water partition coefficient (Wildman–Crippen LogP) is 3.35. The Morgan fingerprint density at radius 1 is 1.29 bits per heavy atom. The number of carbonyl (C=O) groups excluding carboxylic acids is 1. The molecule has 0 radical (unpaired) electrons. The molecule has 0 fully saturated rings. The second-order valence-corrected chi connectivity index (χ2v) is 6.27. The third kappa shape index (κ3) is 5.88. The fraction of sp³-hybridized carbons (Fsp3) is 0.611. The number of hydrogen-bond donors (Lipinski definition) is 1. The molecular weight excluding hydrogens is 260 g/mol. The zero-order chi connectivity index (χ0) is 15.8. The zero-order valence-electron chi connectivity index (χ0n) is 13.9. The lowest BCUT2D eigenvalue weighted by Gasteiger charge is -2.25. The Balaban J connectivity index is 2.66. The van der Waals surface area contributed by atoms with Crippen LogP contribution in [0, 0.1) is 18.8 Å². The van der Waals surface area contributed by atoms with E-state index in [0.717, 1.165) is 13.0 Å². The van der Waals surface area contributed by atoms with E-state index in [0.29, 0.717) is 31.3 Å². The van der Waals surface area contributed by atoms with Crippen LogP contribution in [0.15, 0.2) is 24.3 Å². The van der Waals surface area contributed by atoms with Crippen molar-refractivity contribution < 1.29 is 4.79 Å². The largest absolute Gasteiger partial charge is 0.339 e. The van der Waals surface area contributed by atoms with E-state index >= 15 is 0 Å². The lowest BCUT2D eigenvalue weighted by Crippen LogP contribution is -2.33. The summed E-state index contributed by atoms with van der Waals surface area (Å²) in [4.78, 5) is 14.4. The molecule has 3 heteroatoms. The first-order valence-electron chi connectivity index (χ1n) is 8.00. The molecule has 0 aliphatic heterocycles. The minimum atomic E-state index is 0.219. The normalized spacial score (nSPS) is 12.5. The van der Waals surface area contributed by atoms with Crippen molar-refractivity contribution in [1.82, 2.24) is 4.90 Å². The SMILES string of the molecule is CCN(Cc1ccccc1C)C(=O)CC(CN)CC(C)C. The molecule has 1 aromatic rings. The first-order chi connectivity index (χ1) is 9.97. The molecule has 3 nitrogen and oxygen atoms in total. The Bertz CT molecular complexity index is 443. The summed E-state index contributed by atoms with van der Waals surface area (Å²) in [6.07, 6.45) is 1.58. The Morgan fingerprint density at radius 2 is 1.95 bits per heavy atom. The van der Waals surface area contributed by atoms with E-state index in [1.54, 1.807) is 0 Å². The third-order valence-corrected chi connectivity index (χ3v) is 3.96. The maximum Gasteiger partial charge on any atom is 0.223 e. The lowest BCUT2D eigenvalue weighted by molar-refractivity contribution is -0.132. The van der Waals surface area contributed by atoms with Crippen LogP contribution in [0.4, 0.5) is 0 Å². The second kappa shape index (κ2) is 8.83. The molecule has 1 atom stereocenters. The first kappa shape index (κ1) is 17.7. The molecule has 0 aromatic heterocycles. The highest BCUT2D eigenvalue weighted by molar-refractivity contribution is 5.76. The minimum Gasteiger partial charge on any atom is -0.339 e. The summed E-state index contributed by atoms with van der Waals surface area (Å²) < 4.78 is 0. The molecule has 0 aliphatic carbocycles. The Kier molecular flexibility index (Phi) is 7.44. The number of rotatable bonds is 8. The van der Waals surface area contributed by atoms with Gasteiger partial charge in [0, 0.05) is 19.5 Å². The van der Waals surface area contributed by atoms with E-state index in [4.69, 9.17) is 5.73 Å². The van der Waals surface area contributed by atoms with Gasteiger partial charge in [0.2, 0.25) is 5.91 Å². The van der Waals surface area contributed by atoms with Crippen LogP contribution in [0.25, 0.3) is 0 Å². The zero-order valence-corrected chi connectivity index (χ0v) is 13.9. The summed E-state index contributed by atoms with van der Waals surface area (Å²) in [7, 11) is 0. The molecule has 0 heterocycles. The van der Waals surface area contributed by atoms with Crippen molar-refractivity contribution in [3.8, 4) is 0 Å². The average Bonchev–Trinajstić information content (AvgIpc) is 2.45. The molecule has 0 spiro atoms. The molecule has 0 aliphatic rings. The number of carbonyl (C=O) groups is 1. The van der Waals surface area contributed by atoms with E-state index in [1.807, 2.05) is 24.0 Å². The molecule has 0 bridgehead atoms. The molecule has 1 amide bonds. The van der Waals surface area contributed by atoms with Crippen LogP contribution in [0.1, 0.15) is 44.7 Å². The summed E-state index contributed by atoms with van der Waals surface area (Å²) in [5.41, 5.74) is 8.28. The monoisotopic (exact) mass is 290 g/mol. The van der Waals surface area contributed by atoms with Gasteiger partial charge in [-0.25, -0.2) is 0 Å². The maximum atomic E-state index is 12.5. The summed E-state index contributed by atoms with van der Waals surface area (Å²) in [5, 5.41) is 0.